The smallest absolute Gasteiger partial charge is 0.260 e. The molecule has 0 bridgehead atoms. The molecular weight excluding hydrogens is 504 g/mol. The first-order chi connectivity index (χ1) is 17.8. The van der Waals surface area contributed by atoms with E-state index in [1.54, 1.807) is 10.8 Å². The van der Waals surface area contributed by atoms with Crippen LogP contribution in [0.5, 0.6) is 0 Å². The number of aromatic nitrogens is 3. The molecule has 1 aliphatic rings. The number of hydrogen-bond acceptors (Lipinski definition) is 6. The van der Waals surface area contributed by atoms with Crippen molar-refractivity contribution in [3.8, 4) is 11.1 Å². The molecule has 1 aliphatic heterocycles. The molecule has 0 spiro atoms. The van der Waals surface area contributed by atoms with Gasteiger partial charge in [-0.25, -0.2) is 4.98 Å². The molecule has 5 rings (SSSR count). The minimum atomic E-state index is -0.195. The summed E-state index contributed by atoms with van der Waals surface area (Å²) in [6.45, 7) is 6.60. The second-order valence-corrected chi connectivity index (χ2v) is 11.5. The van der Waals surface area contributed by atoms with Crippen LogP contribution in [0.3, 0.4) is 0 Å². The Morgan fingerprint density at radius 2 is 1.78 bits per heavy atom. The summed E-state index contributed by atoms with van der Waals surface area (Å²) in [5.74, 6) is 4.57. The van der Waals surface area contributed by atoms with E-state index in [0.29, 0.717) is 34.3 Å². The quantitative estimate of drug-likeness (QED) is 0.338. The van der Waals surface area contributed by atoms with Gasteiger partial charge in [-0.2, -0.15) is 15.5 Å². The highest BCUT2D eigenvalue weighted by atomic mass is 35.5. The van der Waals surface area contributed by atoms with Gasteiger partial charge in [0.2, 0.25) is 5.95 Å². The fourth-order valence-electron chi connectivity index (χ4n) is 4.58. The monoisotopic (exact) mass is 534 g/mol. The van der Waals surface area contributed by atoms with Gasteiger partial charge in [0.1, 0.15) is 5.65 Å². The third-order valence-electron chi connectivity index (χ3n) is 6.77. The molecule has 9 heteroatoms. The number of hydrogen-bond donors (Lipinski definition) is 1. The Labute approximate surface area is 224 Å². The van der Waals surface area contributed by atoms with Gasteiger partial charge in [-0.15, -0.1) is 0 Å². The van der Waals surface area contributed by atoms with Gasteiger partial charge in [0.15, 0.2) is 0 Å². The average Bonchev–Trinajstić information content (AvgIpc) is 2.90. The lowest BCUT2D eigenvalue weighted by molar-refractivity contribution is 0.313. The zero-order chi connectivity index (χ0) is 26.1. The molecule has 4 aromatic rings. The van der Waals surface area contributed by atoms with E-state index >= 15 is 0 Å². The van der Waals surface area contributed by atoms with E-state index in [9.17, 15) is 4.79 Å². The molecule has 192 valence electrons. The summed E-state index contributed by atoms with van der Waals surface area (Å²) < 4.78 is 1.67. The molecule has 37 heavy (non-hydrogen) atoms. The summed E-state index contributed by atoms with van der Waals surface area (Å²) in [4.78, 5) is 28.6. The molecule has 1 atom stereocenters. The summed E-state index contributed by atoms with van der Waals surface area (Å²) in [5.41, 5.74) is 3.81. The van der Waals surface area contributed by atoms with Crippen molar-refractivity contribution in [3.63, 3.8) is 0 Å². The average molecular weight is 535 g/mol. The van der Waals surface area contributed by atoms with E-state index < -0.39 is 0 Å². The Kier molecular flexibility index (Phi) is 7.33. The number of pyridine rings is 1. The minimum absolute atomic E-state index is 0.129. The first-order valence-electron chi connectivity index (χ1n) is 12.3. The zero-order valence-electron chi connectivity index (χ0n) is 21.4. The third-order valence-corrected chi connectivity index (χ3v) is 8.15. The van der Waals surface area contributed by atoms with E-state index in [1.165, 1.54) is 5.69 Å². The number of benzene rings is 2. The van der Waals surface area contributed by atoms with Gasteiger partial charge >= 0.3 is 0 Å². The van der Waals surface area contributed by atoms with Gasteiger partial charge < -0.3 is 15.1 Å². The van der Waals surface area contributed by atoms with E-state index in [0.717, 1.165) is 42.1 Å². The summed E-state index contributed by atoms with van der Waals surface area (Å²) in [6.07, 6.45) is 3.79. The van der Waals surface area contributed by atoms with Gasteiger partial charge in [0.05, 0.1) is 0 Å². The molecule has 1 N–H and O–H groups in total. The highest BCUT2D eigenvalue weighted by molar-refractivity contribution is 8.13. The second-order valence-electron chi connectivity index (χ2n) is 9.32. The Hall–Kier alpha value is -3.20. The molecule has 1 saturated heterocycles. The lowest BCUT2D eigenvalue weighted by Gasteiger charge is -2.34. The minimum Gasteiger partial charge on any atom is -0.369 e. The van der Waals surface area contributed by atoms with Crippen molar-refractivity contribution in [2.24, 2.45) is 0 Å². The van der Waals surface area contributed by atoms with E-state index in [1.807, 2.05) is 49.6 Å². The Balaban J connectivity index is 1.46. The van der Waals surface area contributed by atoms with Crippen molar-refractivity contribution in [1.29, 1.82) is 0 Å². The predicted molar refractivity (Wildman–Crippen MR) is 158 cm³/mol. The molecule has 3 heterocycles. The van der Waals surface area contributed by atoms with Crippen LogP contribution < -0.4 is 15.8 Å². The van der Waals surface area contributed by atoms with Gasteiger partial charge in [-0.3, -0.25) is 9.36 Å². The lowest BCUT2D eigenvalue weighted by Crippen LogP contribution is -2.44. The summed E-state index contributed by atoms with van der Waals surface area (Å²) in [7, 11) is 1.96. The lowest BCUT2D eigenvalue weighted by atomic mass is 10.1. The Bertz CT molecular complexity index is 1530. The van der Waals surface area contributed by atoms with Crippen molar-refractivity contribution in [3.05, 3.63) is 70.1 Å². The Morgan fingerprint density at radius 3 is 2.46 bits per heavy atom. The van der Waals surface area contributed by atoms with Crippen molar-refractivity contribution in [2.45, 2.75) is 18.4 Å². The number of halogens is 1. The van der Waals surface area contributed by atoms with E-state index in [-0.39, 0.29) is 16.0 Å². The van der Waals surface area contributed by atoms with Crippen molar-refractivity contribution >= 4 is 56.3 Å². The number of rotatable bonds is 6. The summed E-state index contributed by atoms with van der Waals surface area (Å²) in [5, 5.41) is 4.60. The maximum atomic E-state index is 13.5. The third kappa shape index (κ3) is 5.28. The van der Waals surface area contributed by atoms with Crippen LogP contribution in [0.15, 0.2) is 64.4 Å². The van der Waals surface area contributed by atoms with Crippen molar-refractivity contribution in [1.82, 2.24) is 19.4 Å². The number of piperazine rings is 1. The molecule has 0 aliphatic carbocycles. The van der Waals surface area contributed by atoms with Crippen LogP contribution in [0.4, 0.5) is 17.3 Å². The molecule has 2 aromatic carbocycles. The van der Waals surface area contributed by atoms with Gasteiger partial charge in [0, 0.05) is 76.7 Å². The summed E-state index contributed by atoms with van der Waals surface area (Å²) in [6, 6.07) is 15.9. The first-order valence-corrected chi connectivity index (χ1v) is 14.5. The fourth-order valence-corrected chi connectivity index (χ4v) is 5.42. The van der Waals surface area contributed by atoms with Gasteiger partial charge in [-0.1, -0.05) is 17.5 Å². The number of anilines is 3. The normalized spacial score (nSPS) is 15.2. The van der Waals surface area contributed by atoms with Gasteiger partial charge in [-0.05, 0) is 68.8 Å². The van der Waals surface area contributed by atoms with E-state index in [2.05, 4.69) is 45.2 Å². The number of nitrogens with zero attached hydrogens (tertiary/aromatic N) is 5. The molecule has 2 aromatic heterocycles. The highest BCUT2D eigenvalue weighted by Gasteiger charge is 2.16. The number of aryl methyl sites for hydroxylation is 1. The fraction of sp³-hybridized carbons (Fsp3) is 0.286. The highest BCUT2D eigenvalue weighted by Crippen LogP contribution is 2.33. The molecule has 0 amide bonds. The second kappa shape index (κ2) is 10.7. The van der Waals surface area contributed by atoms with Gasteiger partial charge in [0.25, 0.3) is 5.56 Å². The van der Waals surface area contributed by atoms with Crippen LogP contribution in [0.2, 0.25) is 5.02 Å². The SMILES string of the molecule is C=S(C)c1ccc(Cl)c(-c2cc3cnc(Nc4ccc(N5CCN(C)CC5)cc4)nc3n(CC)c2=O)c1. The van der Waals surface area contributed by atoms with Crippen molar-refractivity contribution in [2.75, 3.05) is 49.7 Å². The van der Waals surface area contributed by atoms with Crippen LogP contribution >= 0.6 is 22.1 Å². The molecular formula is C28H31ClN6OS. The first kappa shape index (κ1) is 25.4. The summed E-state index contributed by atoms with van der Waals surface area (Å²) >= 11 is 6.52. The van der Waals surface area contributed by atoms with E-state index in [4.69, 9.17) is 16.6 Å². The maximum Gasteiger partial charge on any atom is 0.260 e. The predicted octanol–water partition coefficient (Wildman–Crippen LogP) is 5.32. The van der Waals surface area contributed by atoms with Crippen LogP contribution in [-0.4, -0.2) is 64.8 Å². The number of nitrogens with one attached hydrogen (secondary N) is 1. The van der Waals surface area contributed by atoms with Crippen LogP contribution in [0.25, 0.3) is 22.2 Å². The topological polar surface area (TPSA) is 66.3 Å². The molecule has 0 saturated carbocycles. The molecule has 1 unspecified atom stereocenters. The molecule has 1 fully saturated rings. The van der Waals surface area contributed by atoms with Crippen LogP contribution in [-0.2, 0) is 6.54 Å². The molecule has 0 radical (unpaired) electrons. The number of likely N-dealkylation sites (N-methyl/N-ethyl adjacent to an activating group) is 1. The zero-order valence-corrected chi connectivity index (χ0v) is 22.9. The van der Waals surface area contributed by atoms with Crippen LogP contribution in [0.1, 0.15) is 6.92 Å². The maximum absolute atomic E-state index is 13.5. The van der Waals surface area contributed by atoms with Crippen molar-refractivity contribution < 1.29 is 0 Å². The Morgan fingerprint density at radius 1 is 1.05 bits per heavy atom. The van der Waals surface area contributed by atoms with Crippen LogP contribution in [0, 0.1) is 0 Å². The largest absolute Gasteiger partial charge is 0.369 e. The number of fused-ring (bicyclic) bond motifs is 1. The molecule has 7 nitrogen and oxygen atoms in total. The standard InChI is InChI=1S/C28H31ClN6OS/c1-5-35-26-19(16-24(27(35)36)23-17-22(37(3)4)10-11-25(23)29)18-30-28(32-26)31-20-6-8-21(9-7-20)34-14-12-33(2)13-15-34/h6-11,16-18H,3,5,12-15H2,1-2,4H3,(H,30,31,32).